The quantitative estimate of drug-likeness (QED) is 0.516. The molecular weight excluding hydrogens is 314 g/mol. The number of carbonyl (C=O) groups is 1. The zero-order chi connectivity index (χ0) is 17.3. The third-order valence-electron chi connectivity index (χ3n) is 3.55. The average molecular weight is 334 g/mol. The van der Waals surface area contributed by atoms with Gasteiger partial charge in [-0.15, -0.1) is 0 Å². The molecule has 3 aromatic rings. The van der Waals surface area contributed by atoms with Crippen LogP contribution in [0.15, 0.2) is 85.2 Å². The Bertz CT molecular complexity index is 790. The lowest BCUT2D eigenvalue weighted by atomic mass is 10.2. The molecule has 2 aromatic carbocycles. The van der Waals surface area contributed by atoms with Gasteiger partial charge in [0, 0.05) is 12.1 Å². The normalized spacial score (nSPS) is 10.1. The van der Waals surface area contributed by atoms with Crippen LogP contribution >= 0.6 is 0 Å². The summed E-state index contributed by atoms with van der Waals surface area (Å²) in [6.45, 7) is 0.783. The van der Waals surface area contributed by atoms with Crippen molar-refractivity contribution in [2.75, 3.05) is 5.43 Å². The van der Waals surface area contributed by atoms with Crippen molar-refractivity contribution < 1.29 is 14.1 Å². The zero-order valence-corrected chi connectivity index (χ0v) is 13.8. The topological polar surface area (TPSA) is 54.2 Å². The zero-order valence-electron chi connectivity index (χ0n) is 13.8. The van der Waals surface area contributed by atoms with Crippen molar-refractivity contribution in [1.82, 2.24) is 5.43 Å². The van der Waals surface area contributed by atoms with Crippen molar-refractivity contribution in [2.45, 2.75) is 13.2 Å². The van der Waals surface area contributed by atoms with Gasteiger partial charge in [0.05, 0.1) is 5.69 Å². The molecular formula is C20H20N3O2+. The molecule has 2 N–H and O–H groups in total. The fraction of sp³-hybridized carbons (Fsp3) is 0.100. The first kappa shape index (κ1) is 16.5. The molecule has 0 bridgehead atoms. The molecule has 0 atom stereocenters. The summed E-state index contributed by atoms with van der Waals surface area (Å²) in [5.74, 6) is 0.654. The van der Waals surface area contributed by atoms with Crippen LogP contribution in [-0.4, -0.2) is 5.91 Å². The number of pyridine rings is 1. The summed E-state index contributed by atoms with van der Waals surface area (Å²) in [5.41, 5.74) is 7.48. The summed E-state index contributed by atoms with van der Waals surface area (Å²) in [6.07, 6.45) is 3.69. The predicted molar refractivity (Wildman–Crippen MR) is 95.6 cm³/mol. The fourth-order valence-corrected chi connectivity index (χ4v) is 2.26. The monoisotopic (exact) mass is 334 g/mol. The Morgan fingerprint density at radius 3 is 2.28 bits per heavy atom. The van der Waals surface area contributed by atoms with Gasteiger partial charge in [0.1, 0.15) is 12.4 Å². The second kappa shape index (κ2) is 8.49. The van der Waals surface area contributed by atoms with Crippen LogP contribution in [0.2, 0.25) is 0 Å². The first-order valence-corrected chi connectivity index (χ1v) is 8.05. The Balaban J connectivity index is 1.45. The first-order chi connectivity index (χ1) is 12.3. The molecule has 1 amide bonds. The number of nitrogens with zero attached hydrogens (tertiary/aromatic N) is 1. The molecule has 1 aromatic heterocycles. The number of hydrogen-bond acceptors (Lipinski definition) is 3. The number of anilines is 1. The molecule has 0 aliphatic rings. The standard InChI is InChI=1S/C20H19N3O2/c24-20(15-23-13-5-2-6-14-23)22-21-18-9-11-19(12-10-18)25-16-17-7-3-1-4-8-17/h1-14,21H,15-16H2/p+1. The molecule has 0 unspecified atom stereocenters. The molecule has 0 saturated heterocycles. The maximum atomic E-state index is 11.9. The van der Waals surface area contributed by atoms with Gasteiger partial charge in [-0.25, -0.2) is 0 Å². The van der Waals surface area contributed by atoms with Gasteiger partial charge in [-0.05, 0) is 29.8 Å². The molecule has 3 rings (SSSR count). The molecule has 5 nitrogen and oxygen atoms in total. The maximum Gasteiger partial charge on any atom is 0.304 e. The second-order valence-corrected chi connectivity index (χ2v) is 5.52. The van der Waals surface area contributed by atoms with Crippen LogP contribution in [0.4, 0.5) is 5.69 Å². The molecule has 0 radical (unpaired) electrons. The van der Waals surface area contributed by atoms with Crippen LogP contribution in [0.5, 0.6) is 5.75 Å². The summed E-state index contributed by atoms with van der Waals surface area (Å²) in [6, 6.07) is 23.1. The van der Waals surface area contributed by atoms with Crippen LogP contribution in [-0.2, 0) is 17.9 Å². The number of amides is 1. The highest BCUT2D eigenvalue weighted by Crippen LogP contribution is 2.16. The van der Waals surface area contributed by atoms with E-state index in [0.717, 1.165) is 17.0 Å². The van der Waals surface area contributed by atoms with E-state index in [1.165, 1.54) is 0 Å². The van der Waals surface area contributed by atoms with Gasteiger partial charge in [0.15, 0.2) is 12.4 Å². The van der Waals surface area contributed by atoms with Gasteiger partial charge < -0.3 is 4.74 Å². The van der Waals surface area contributed by atoms with Crippen LogP contribution in [0, 0.1) is 0 Å². The van der Waals surface area contributed by atoms with Gasteiger partial charge in [-0.2, -0.15) is 4.57 Å². The van der Waals surface area contributed by atoms with E-state index in [-0.39, 0.29) is 12.5 Å². The number of hydrazine groups is 1. The van der Waals surface area contributed by atoms with E-state index in [9.17, 15) is 4.79 Å². The van der Waals surface area contributed by atoms with Gasteiger partial charge in [0.2, 0.25) is 6.54 Å². The molecule has 25 heavy (non-hydrogen) atoms. The Morgan fingerprint density at radius 1 is 0.880 bits per heavy atom. The highest BCUT2D eigenvalue weighted by Gasteiger charge is 2.07. The summed E-state index contributed by atoms with van der Waals surface area (Å²) in [7, 11) is 0. The highest BCUT2D eigenvalue weighted by atomic mass is 16.5. The molecule has 0 spiro atoms. The Kier molecular flexibility index (Phi) is 5.61. The summed E-state index contributed by atoms with van der Waals surface area (Å²) in [5, 5.41) is 0. The minimum atomic E-state index is -0.124. The molecule has 0 aliphatic carbocycles. The average Bonchev–Trinajstić information content (AvgIpc) is 2.67. The summed E-state index contributed by atoms with van der Waals surface area (Å²) < 4.78 is 7.54. The largest absolute Gasteiger partial charge is 0.489 e. The third-order valence-corrected chi connectivity index (χ3v) is 3.55. The molecule has 0 fully saturated rings. The molecule has 1 heterocycles. The van der Waals surface area contributed by atoms with E-state index in [0.29, 0.717) is 6.61 Å². The van der Waals surface area contributed by atoms with Crippen molar-refractivity contribution in [2.24, 2.45) is 0 Å². The molecule has 0 aliphatic heterocycles. The predicted octanol–water partition coefficient (Wildman–Crippen LogP) is 2.70. The highest BCUT2D eigenvalue weighted by molar-refractivity contribution is 5.75. The van der Waals surface area contributed by atoms with Crippen molar-refractivity contribution in [3.05, 3.63) is 90.8 Å². The van der Waals surface area contributed by atoms with Gasteiger partial charge in [-0.1, -0.05) is 36.4 Å². The van der Waals surface area contributed by atoms with Crippen molar-refractivity contribution in [3.63, 3.8) is 0 Å². The van der Waals surface area contributed by atoms with E-state index >= 15 is 0 Å². The number of carbonyl (C=O) groups excluding carboxylic acids is 1. The van der Waals surface area contributed by atoms with E-state index in [1.807, 2.05) is 85.2 Å². The Morgan fingerprint density at radius 2 is 1.56 bits per heavy atom. The maximum absolute atomic E-state index is 11.9. The van der Waals surface area contributed by atoms with E-state index < -0.39 is 0 Å². The number of rotatable bonds is 7. The minimum absolute atomic E-state index is 0.124. The first-order valence-electron chi connectivity index (χ1n) is 8.05. The lowest BCUT2D eigenvalue weighted by Crippen LogP contribution is -2.43. The van der Waals surface area contributed by atoms with E-state index in [4.69, 9.17) is 4.74 Å². The van der Waals surface area contributed by atoms with Crippen LogP contribution in [0.3, 0.4) is 0 Å². The third kappa shape index (κ3) is 5.35. The summed E-state index contributed by atoms with van der Waals surface area (Å²) >= 11 is 0. The molecule has 5 heteroatoms. The minimum Gasteiger partial charge on any atom is -0.489 e. The van der Waals surface area contributed by atoms with Gasteiger partial charge in [-0.3, -0.25) is 15.6 Å². The number of nitrogens with one attached hydrogen (secondary N) is 2. The number of benzene rings is 2. The van der Waals surface area contributed by atoms with Crippen LogP contribution < -0.4 is 20.2 Å². The lowest BCUT2D eigenvalue weighted by Gasteiger charge is -2.09. The SMILES string of the molecule is O=C(C[n+]1ccccc1)NNc1ccc(OCc2ccccc2)cc1. The molecule has 126 valence electrons. The van der Waals surface area contributed by atoms with Crippen molar-refractivity contribution in [1.29, 1.82) is 0 Å². The molecule has 0 saturated carbocycles. The van der Waals surface area contributed by atoms with Gasteiger partial charge in [0.25, 0.3) is 0 Å². The van der Waals surface area contributed by atoms with Crippen LogP contribution in [0.25, 0.3) is 0 Å². The van der Waals surface area contributed by atoms with Crippen molar-refractivity contribution >= 4 is 11.6 Å². The number of hydrogen-bond donors (Lipinski definition) is 2. The van der Waals surface area contributed by atoms with Gasteiger partial charge >= 0.3 is 5.91 Å². The number of aromatic nitrogens is 1. The smallest absolute Gasteiger partial charge is 0.304 e. The van der Waals surface area contributed by atoms with E-state index in [1.54, 1.807) is 4.57 Å². The second-order valence-electron chi connectivity index (χ2n) is 5.52. The van der Waals surface area contributed by atoms with Crippen molar-refractivity contribution in [3.8, 4) is 5.75 Å². The van der Waals surface area contributed by atoms with E-state index in [2.05, 4.69) is 10.9 Å². The fourth-order valence-electron chi connectivity index (χ4n) is 2.26. The summed E-state index contributed by atoms with van der Waals surface area (Å²) in [4.78, 5) is 11.9. The van der Waals surface area contributed by atoms with Crippen LogP contribution in [0.1, 0.15) is 5.56 Å². The number of ether oxygens (including phenoxy) is 1. The Labute approximate surface area is 146 Å². The Hall–Kier alpha value is -3.34. The lowest BCUT2D eigenvalue weighted by molar-refractivity contribution is -0.684.